The van der Waals surface area contributed by atoms with Gasteiger partial charge in [-0.15, -0.1) is 0 Å². The second-order valence-corrected chi connectivity index (χ2v) is 8.39. The zero-order valence-electron chi connectivity index (χ0n) is 14.6. The quantitative estimate of drug-likeness (QED) is 0.608. The summed E-state index contributed by atoms with van der Waals surface area (Å²) in [5.74, 6) is -0.686. The third-order valence-corrected chi connectivity index (χ3v) is 6.18. The van der Waals surface area contributed by atoms with Gasteiger partial charge in [-0.2, -0.15) is 0 Å². The maximum Gasteiger partial charge on any atom is 0.321 e. The highest BCUT2D eigenvalue weighted by Crippen LogP contribution is 2.15. The molecule has 1 N–H and O–H groups in total. The fraction of sp³-hybridized carbons (Fsp3) is 0.350. The van der Waals surface area contributed by atoms with E-state index in [2.05, 4.69) is 0 Å². The third kappa shape index (κ3) is 6.52. The second kappa shape index (κ2) is 9.97. The van der Waals surface area contributed by atoms with Crippen molar-refractivity contribution in [3.05, 3.63) is 66.2 Å². The molecule has 0 spiro atoms. The number of aliphatic carboxylic acids is 1. The minimum absolute atomic E-state index is 0.102. The lowest BCUT2D eigenvalue weighted by Crippen LogP contribution is -2.32. The topological polar surface area (TPSA) is 80.7 Å². The van der Waals surface area contributed by atoms with Crippen LogP contribution < -0.4 is 4.74 Å². The zero-order chi connectivity index (χ0) is 18.8. The van der Waals surface area contributed by atoms with Gasteiger partial charge in [0.25, 0.3) is 0 Å². The van der Waals surface area contributed by atoms with Gasteiger partial charge in [-0.3, -0.25) is 4.79 Å². The molecule has 140 valence electrons. The Morgan fingerprint density at radius 1 is 0.962 bits per heavy atom. The molecule has 0 aliphatic heterocycles. The van der Waals surface area contributed by atoms with E-state index in [0.29, 0.717) is 25.9 Å². The van der Waals surface area contributed by atoms with Gasteiger partial charge in [-0.05, 0) is 43.4 Å². The molecule has 26 heavy (non-hydrogen) atoms. The molecule has 1 unspecified atom stereocenters. The first-order valence-corrected chi connectivity index (χ1v) is 10.4. The van der Waals surface area contributed by atoms with Crippen LogP contribution in [0.5, 0.6) is 5.75 Å². The monoisotopic (exact) mass is 376 g/mol. The average Bonchev–Trinajstić information content (AvgIpc) is 2.64. The molecule has 6 heteroatoms. The van der Waals surface area contributed by atoms with E-state index in [1.54, 1.807) is 0 Å². The summed E-state index contributed by atoms with van der Waals surface area (Å²) >= 11 is 0. The van der Waals surface area contributed by atoms with Crippen LogP contribution in [0.4, 0.5) is 0 Å². The molecular weight excluding hydrogens is 352 g/mol. The van der Waals surface area contributed by atoms with Crippen molar-refractivity contribution in [3.8, 4) is 5.75 Å². The predicted molar refractivity (Wildman–Crippen MR) is 101 cm³/mol. The number of aryl methyl sites for hydroxylation is 1. The van der Waals surface area contributed by atoms with E-state index in [4.69, 9.17) is 4.74 Å². The van der Waals surface area contributed by atoms with Gasteiger partial charge in [0.05, 0.1) is 12.4 Å². The van der Waals surface area contributed by atoms with Crippen LogP contribution in [0, 0.1) is 0 Å². The van der Waals surface area contributed by atoms with E-state index in [1.165, 1.54) is 0 Å². The fourth-order valence-electron chi connectivity index (χ4n) is 2.64. The Labute approximate surface area is 154 Å². The largest absolute Gasteiger partial charge is 0.494 e. The first-order valence-electron chi connectivity index (χ1n) is 8.65. The number of benzene rings is 2. The molecular formula is C20H24O5S. The van der Waals surface area contributed by atoms with Gasteiger partial charge in [0, 0.05) is 0 Å². The summed E-state index contributed by atoms with van der Waals surface area (Å²) < 4.78 is 30.4. The van der Waals surface area contributed by atoms with Crippen molar-refractivity contribution < 1.29 is 23.1 Å². The Balaban J connectivity index is 1.80. The van der Waals surface area contributed by atoms with Gasteiger partial charge in [0.15, 0.2) is 15.1 Å². The molecule has 5 nitrogen and oxygen atoms in total. The van der Waals surface area contributed by atoms with Crippen LogP contribution in [0.2, 0.25) is 0 Å². The van der Waals surface area contributed by atoms with E-state index in [1.807, 2.05) is 60.7 Å². The van der Waals surface area contributed by atoms with Crippen LogP contribution in [0.25, 0.3) is 0 Å². The molecule has 0 heterocycles. The molecule has 0 radical (unpaired) electrons. The first-order chi connectivity index (χ1) is 12.5. The van der Waals surface area contributed by atoms with Crippen molar-refractivity contribution in [2.45, 2.75) is 30.9 Å². The Morgan fingerprint density at radius 3 is 2.19 bits per heavy atom. The summed E-state index contributed by atoms with van der Waals surface area (Å²) in [6.45, 7) is 0.431. The van der Waals surface area contributed by atoms with Crippen molar-refractivity contribution >= 4 is 15.8 Å². The Kier molecular flexibility index (Phi) is 7.66. The number of rotatable bonds is 11. The Hall–Kier alpha value is -2.34. The van der Waals surface area contributed by atoms with E-state index in [9.17, 15) is 18.3 Å². The summed E-state index contributed by atoms with van der Waals surface area (Å²) in [5, 5.41) is 7.97. The number of para-hydroxylation sites is 1. The van der Waals surface area contributed by atoms with Crippen molar-refractivity contribution in [1.29, 1.82) is 0 Å². The highest BCUT2D eigenvalue weighted by atomic mass is 32.2. The van der Waals surface area contributed by atoms with Gasteiger partial charge in [0.1, 0.15) is 5.75 Å². The maximum atomic E-state index is 12.4. The van der Waals surface area contributed by atoms with Crippen molar-refractivity contribution in [1.82, 2.24) is 0 Å². The predicted octanol–water partition coefficient (Wildman–Crippen LogP) is 3.35. The molecule has 0 fully saturated rings. The summed E-state index contributed by atoms with van der Waals surface area (Å²) in [6, 6.07) is 18.5. The average molecular weight is 376 g/mol. The number of sulfone groups is 1. The van der Waals surface area contributed by atoms with Gasteiger partial charge in [-0.25, -0.2) is 8.42 Å². The number of ether oxygens (including phenoxy) is 1. The summed E-state index contributed by atoms with van der Waals surface area (Å²) in [5.41, 5.74) is 0.886. The Bertz CT molecular complexity index is 772. The lowest BCUT2D eigenvalue weighted by Gasteiger charge is -2.14. The molecule has 0 amide bonds. The SMILES string of the molecule is O=C(O)C(CCCCOc1ccccc1)S(=O)(=O)CCc1ccccc1. The number of carboxylic acid groups (broad SMARTS) is 1. The van der Waals surface area contributed by atoms with Gasteiger partial charge < -0.3 is 9.84 Å². The third-order valence-electron chi connectivity index (χ3n) is 4.10. The van der Waals surface area contributed by atoms with Gasteiger partial charge in [-0.1, -0.05) is 48.5 Å². The molecule has 0 saturated carbocycles. The molecule has 0 aromatic heterocycles. The second-order valence-electron chi connectivity index (χ2n) is 6.09. The zero-order valence-corrected chi connectivity index (χ0v) is 15.4. The molecule has 0 saturated heterocycles. The number of unbranched alkanes of at least 4 members (excludes halogenated alkanes) is 1. The van der Waals surface area contributed by atoms with Crippen molar-refractivity contribution in [2.24, 2.45) is 0 Å². The van der Waals surface area contributed by atoms with E-state index in [-0.39, 0.29) is 12.2 Å². The van der Waals surface area contributed by atoms with Crippen molar-refractivity contribution in [3.63, 3.8) is 0 Å². The van der Waals surface area contributed by atoms with E-state index in [0.717, 1.165) is 11.3 Å². The minimum Gasteiger partial charge on any atom is -0.494 e. The molecule has 1 atom stereocenters. The molecule has 2 rings (SSSR count). The highest BCUT2D eigenvalue weighted by Gasteiger charge is 2.31. The van der Waals surface area contributed by atoms with Gasteiger partial charge in [0.2, 0.25) is 0 Å². The maximum absolute atomic E-state index is 12.4. The summed E-state index contributed by atoms with van der Waals surface area (Å²) in [7, 11) is -3.70. The van der Waals surface area contributed by atoms with Crippen molar-refractivity contribution in [2.75, 3.05) is 12.4 Å². The number of hydrogen-bond acceptors (Lipinski definition) is 4. The highest BCUT2D eigenvalue weighted by molar-refractivity contribution is 7.92. The van der Waals surface area contributed by atoms with E-state index >= 15 is 0 Å². The Morgan fingerprint density at radius 2 is 1.58 bits per heavy atom. The van der Waals surface area contributed by atoms with Crippen LogP contribution in [0.1, 0.15) is 24.8 Å². The van der Waals surface area contributed by atoms with Gasteiger partial charge >= 0.3 is 5.97 Å². The smallest absolute Gasteiger partial charge is 0.321 e. The fourth-order valence-corrected chi connectivity index (χ4v) is 4.28. The molecule has 2 aromatic carbocycles. The summed E-state index contributed by atoms with van der Waals surface area (Å²) in [4.78, 5) is 11.4. The van der Waals surface area contributed by atoms with Crippen LogP contribution in [-0.4, -0.2) is 37.1 Å². The standard InChI is InChI=1S/C20H24O5S/c21-20(22)19(13-7-8-15-25-18-11-5-2-6-12-18)26(23,24)16-14-17-9-3-1-4-10-17/h1-6,9-12,19H,7-8,13-16H2,(H,21,22). The van der Waals surface area contributed by atoms with Crippen LogP contribution in [-0.2, 0) is 21.1 Å². The van der Waals surface area contributed by atoms with E-state index < -0.39 is 21.1 Å². The van der Waals surface area contributed by atoms with Crippen LogP contribution in [0.15, 0.2) is 60.7 Å². The van der Waals surface area contributed by atoms with Crippen LogP contribution in [0.3, 0.4) is 0 Å². The molecule has 0 aliphatic rings. The lowest BCUT2D eigenvalue weighted by atomic mass is 10.2. The molecule has 0 bridgehead atoms. The number of carbonyl (C=O) groups is 1. The summed E-state index contributed by atoms with van der Waals surface area (Å²) in [6.07, 6.45) is 1.51. The first kappa shape index (κ1) is 20.0. The lowest BCUT2D eigenvalue weighted by molar-refractivity contribution is -0.136. The molecule has 0 aliphatic carbocycles. The normalized spacial score (nSPS) is 12.5. The number of hydrogen-bond donors (Lipinski definition) is 1. The minimum atomic E-state index is -3.70. The number of carboxylic acids is 1. The van der Waals surface area contributed by atoms with Crippen LogP contribution >= 0.6 is 0 Å². The molecule has 2 aromatic rings.